The fourth-order valence-electron chi connectivity index (χ4n) is 3.58. The summed E-state index contributed by atoms with van der Waals surface area (Å²) in [5, 5.41) is 11.6. The summed E-state index contributed by atoms with van der Waals surface area (Å²) >= 11 is 0. The molecule has 26 heavy (non-hydrogen) atoms. The molecular formula is C18H24N6O2. The molecular weight excluding hydrogens is 332 g/mol. The molecule has 2 aromatic rings. The molecule has 2 aliphatic rings. The summed E-state index contributed by atoms with van der Waals surface area (Å²) in [5.41, 5.74) is 0.623. The van der Waals surface area contributed by atoms with Gasteiger partial charge in [-0.1, -0.05) is 0 Å². The first-order chi connectivity index (χ1) is 12.7. The zero-order valence-electron chi connectivity index (χ0n) is 15.0. The summed E-state index contributed by atoms with van der Waals surface area (Å²) in [5.74, 6) is 2.08. The van der Waals surface area contributed by atoms with Gasteiger partial charge in [-0.15, -0.1) is 5.10 Å². The lowest BCUT2D eigenvalue weighted by Crippen LogP contribution is -2.44. The molecule has 2 fully saturated rings. The maximum atomic E-state index is 6.24. The Morgan fingerprint density at radius 3 is 3.08 bits per heavy atom. The van der Waals surface area contributed by atoms with Gasteiger partial charge in [-0.2, -0.15) is 5.10 Å². The minimum Gasteiger partial charge on any atom is -0.377 e. The van der Waals surface area contributed by atoms with Crippen LogP contribution in [0, 0.1) is 12.8 Å². The number of aryl methyl sites for hydroxylation is 1. The molecule has 8 nitrogen and oxygen atoms in total. The van der Waals surface area contributed by atoms with Crippen LogP contribution in [0.5, 0.6) is 0 Å². The molecule has 2 atom stereocenters. The average molecular weight is 356 g/mol. The maximum absolute atomic E-state index is 6.24. The summed E-state index contributed by atoms with van der Waals surface area (Å²) in [6, 6.07) is 3.92. The highest BCUT2D eigenvalue weighted by Crippen LogP contribution is 2.33. The van der Waals surface area contributed by atoms with Gasteiger partial charge in [0, 0.05) is 31.4 Å². The van der Waals surface area contributed by atoms with E-state index < -0.39 is 0 Å². The van der Waals surface area contributed by atoms with E-state index >= 15 is 0 Å². The number of ether oxygens (including phenoxy) is 2. The van der Waals surface area contributed by atoms with Crippen LogP contribution in [-0.4, -0.2) is 65.2 Å². The minimum atomic E-state index is -0.292. The minimum absolute atomic E-state index is 0.292. The molecule has 2 saturated heterocycles. The molecule has 138 valence electrons. The highest BCUT2D eigenvalue weighted by Gasteiger charge is 2.43. The Balaban J connectivity index is 1.38. The van der Waals surface area contributed by atoms with Crippen molar-refractivity contribution in [1.29, 1.82) is 0 Å². The smallest absolute Gasteiger partial charge is 0.148 e. The van der Waals surface area contributed by atoms with Gasteiger partial charge < -0.3 is 19.7 Å². The number of nitrogens with zero attached hydrogens (tertiary/aromatic N) is 5. The van der Waals surface area contributed by atoms with Gasteiger partial charge in [0.05, 0.1) is 38.3 Å². The van der Waals surface area contributed by atoms with E-state index in [-0.39, 0.29) is 5.60 Å². The summed E-state index contributed by atoms with van der Waals surface area (Å²) in [7, 11) is 0. The summed E-state index contributed by atoms with van der Waals surface area (Å²) < 4.78 is 12.1. The normalized spacial score (nSPS) is 26.0. The van der Waals surface area contributed by atoms with Crippen LogP contribution in [0.4, 0.5) is 11.6 Å². The van der Waals surface area contributed by atoms with Crippen molar-refractivity contribution in [2.24, 2.45) is 5.92 Å². The first-order valence-corrected chi connectivity index (χ1v) is 8.99. The molecule has 0 saturated carbocycles. The lowest BCUT2D eigenvalue weighted by molar-refractivity contribution is -0.0457. The third-order valence-electron chi connectivity index (χ3n) is 4.88. The molecule has 2 aromatic heterocycles. The van der Waals surface area contributed by atoms with E-state index in [2.05, 4.69) is 30.4 Å². The van der Waals surface area contributed by atoms with Crippen molar-refractivity contribution in [1.82, 2.24) is 20.2 Å². The Morgan fingerprint density at radius 1 is 1.31 bits per heavy atom. The van der Waals surface area contributed by atoms with Crippen LogP contribution in [0.15, 0.2) is 30.7 Å². The second-order valence-electron chi connectivity index (χ2n) is 7.04. The van der Waals surface area contributed by atoms with Gasteiger partial charge in [-0.3, -0.25) is 4.98 Å². The first kappa shape index (κ1) is 17.1. The number of aromatic nitrogens is 4. The SMILES string of the molecule is Cc1ccc(NC[C@H]2CO[C@@]3(COCCN(c4cnccn4)C3)C2)nn1. The van der Waals surface area contributed by atoms with Gasteiger partial charge in [-0.25, -0.2) is 4.98 Å². The van der Waals surface area contributed by atoms with Gasteiger partial charge in [0.1, 0.15) is 17.2 Å². The summed E-state index contributed by atoms with van der Waals surface area (Å²) in [6.07, 6.45) is 6.15. The molecule has 4 rings (SSSR count). The predicted molar refractivity (Wildman–Crippen MR) is 97.1 cm³/mol. The average Bonchev–Trinajstić information content (AvgIpc) is 2.95. The second kappa shape index (κ2) is 7.51. The fraction of sp³-hybridized carbons (Fsp3) is 0.556. The highest BCUT2D eigenvalue weighted by molar-refractivity contribution is 5.36. The van der Waals surface area contributed by atoms with E-state index in [9.17, 15) is 0 Å². The van der Waals surface area contributed by atoms with E-state index in [1.54, 1.807) is 18.6 Å². The topological polar surface area (TPSA) is 85.3 Å². The van der Waals surface area contributed by atoms with Crippen LogP contribution >= 0.6 is 0 Å². The second-order valence-corrected chi connectivity index (χ2v) is 7.04. The monoisotopic (exact) mass is 356 g/mol. The predicted octanol–water partition coefficient (Wildman–Crippen LogP) is 1.30. The lowest BCUT2D eigenvalue weighted by Gasteiger charge is -2.31. The van der Waals surface area contributed by atoms with E-state index in [4.69, 9.17) is 9.47 Å². The molecule has 2 aliphatic heterocycles. The fourth-order valence-corrected chi connectivity index (χ4v) is 3.58. The van der Waals surface area contributed by atoms with E-state index in [0.29, 0.717) is 25.7 Å². The Bertz CT molecular complexity index is 713. The van der Waals surface area contributed by atoms with Crippen LogP contribution in [0.25, 0.3) is 0 Å². The molecule has 8 heteroatoms. The molecule has 4 heterocycles. The van der Waals surface area contributed by atoms with E-state index in [1.165, 1.54) is 0 Å². The van der Waals surface area contributed by atoms with Crippen molar-refractivity contribution < 1.29 is 9.47 Å². The van der Waals surface area contributed by atoms with Crippen molar-refractivity contribution >= 4 is 11.6 Å². The number of hydrogen-bond donors (Lipinski definition) is 1. The Morgan fingerprint density at radius 2 is 2.27 bits per heavy atom. The third kappa shape index (κ3) is 3.91. The molecule has 0 aliphatic carbocycles. The van der Waals surface area contributed by atoms with Crippen molar-refractivity contribution in [3.63, 3.8) is 0 Å². The lowest BCUT2D eigenvalue weighted by atomic mass is 9.94. The molecule has 0 amide bonds. The Hall–Kier alpha value is -2.32. The van der Waals surface area contributed by atoms with Crippen molar-refractivity contribution in [2.75, 3.05) is 49.7 Å². The molecule has 0 bridgehead atoms. The standard InChI is InChI=1S/C18H24N6O2/c1-14-2-3-16(23-22-14)21-9-15-8-18(26-11-15)12-24(6-7-25-13-18)17-10-19-4-5-20-17/h2-5,10,15H,6-9,11-13H2,1H3,(H,21,23)/t15-,18-/m0/s1. The first-order valence-electron chi connectivity index (χ1n) is 8.99. The van der Waals surface area contributed by atoms with Crippen LogP contribution in [-0.2, 0) is 9.47 Å². The third-order valence-corrected chi connectivity index (χ3v) is 4.88. The zero-order chi connectivity index (χ0) is 17.8. The van der Waals surface area contributed by atoms with Gasteiger partial charge in [0.2, 0.25) is 0 Å². The number of nitrogens with one attached hydrogen (secondary N) is 1. The quantitative estimate of drug-likeness (QED) is 0.877. The van der Waals surface area contributed by atoms with Crippen molar-refractivity contribution in [3.8, 4) is 0 Å². The molecule has 0 unspecified atom stereocenters. The Labute approximate surface area is 153 Å². The zero-order valence-corrected chi connectivity index (χ0v) is 15.0. The number of rotatable bonds is 4. The van der Waals surface area contributed by atoms with Crippen LogP contribution in [0.1, 0.15) is 12.1 Å². The van der Waals surface area contributed by atoms with E-state index in [0.717, 1.165) is 43.4 Å². The summed E-state index contributed by atoms with van der Waals surface area (Å²) in [6.45, 7) is 6.31. The van der Waals surface area contributed by atoms with E-state index in [1.807, 2.05) is 19.1 Å². The van der Waals surface area contributed by atoms with Gasteiger partial charge in [-0.05, 0) is 25.5 Å². The molecule has 0 radical (unpaired) electrons. The van der Waals surface area contributed by atoms with Gasteiger partial charge >= 0.3 is 0 Å². The number of hydrogen-bond acceptors (Lipinski definition) is 8. The largest absolute Gasteiger partial charge is 0.377 e. The van der Waals surface area contributed by atoms with Crippen LogP contribution in [0.3, 0.4) is 0 Å². The van der Waals surface area contributed by atoms with Crippen LogP contribution in [0.2, 0.25) is 0 Å². The van der Waals surface area contributed by atoms with Crippen molar-refractivity contribution in [3.05, 3.63) is 36.4 Å². The summed E-state index contributed by atoms with van der Waals surface area (Å²) in [4.78, 5) is 10.8. The Kier molecular flexibility index (Phi) is 4.94. The molecule has 1 spiro atoms. The van der Waals surface area contributed by atoms with Gasteiger partial charge in [0.15, 0.2) is 0 Å². The van der Waals surface area contributed by atoms with Gasteiger partial charge in [0.25, 0.3) is 0 Å². The van der Waals surface area contributed by atoms with Crippen molar-refractivity contribution in [2.45, 2.75) is 18.9 Å². The van der Waals surface area contributed by atoms with Crippen LogP contribution < -0.4 is 10.2 Å². The number of anilines is 2. The molecule has 1 N–H and O–H groups in total. The maximum Gasteiger partial charge on any atom is 0.148 e. The molecule has 0 aromatic carbocycles. The highest BCUT2D eigenvalue weighted by atomic mass is 16.5.